The molecule has 0 spiro atoms. The second-order valence-electron chi connectivity index (χ2n) is 3.71. The van der Waals surface area contributed by atoms with Crippen molar-refractivity contribution in [3.63, 3.8) is 0 Å². The highest BCUT2D eigenvalue weighted by Crippen LogP contribution is 2.16. The molecule has 6 nitrogen and oxygen atoms in total. The van der Waals surface area contributed by atoms with E-state index in [1.165, 1.54) is 5.56 Å². The van der Waals surface area contributed by atoms with Crippen molar-refractivity contribution in [2.24, 2.45) is 0 Å². The maximum absolute atomic E-state index is 9.96. The van der Waals surface area contributed by atoms with Crippen LogP contribution in [0.5, 0.6) is 0 Å². The van der Waals surface area contributed by atoms with Crippen LogP contribution >= 0.6 is 63.7 Å². The van der Waals surface area contributed by atoms with Crippen LogP contribution in [0.3, 0.4) is 0 Å². The fraction of sp³-hybridized carbons (Fsp3) is 0.167. The summed E-state index contributed by atoms with van der Waals surface area (Å²) in [4.78, 5) is 3.78. The third-order valence-corrected chi connectivity index (χ3v) is 4.16. The molecule has 0 bridgehead atoms. The molecule has 0 fully saturated rings. The van der Waals surface area contributed by atoms with Crippen molar-refractivity contribution in [2.45, 2.75) is 6.54 Å². The maximum atomic E-state index is 9.96. The van der Waals surface area contributed by atoms with E-state index in [-0.39, 0.29) is 0 Å². The second-order valence-corrected chi connectivity index (χ2v) is 6.58. The molecular weight excluding hydrogens is 567 g/mol. The van der Waals surface area contributed by atoms with Gasteiger partial charge >= 0.3 is 0 Å². The Bertz CT molecular complexity index is 687. The van der Waals surface area contributed by atoms with Crippen molar-refractivity contribution >= 4 is 63.7 Å². The van der Waals surface area contributed by atoms with E-state index in [1.54, 1.807) is 0 Å². The molecule has 2 heterocycles. The molecule has 124 valence electrons. The highest BCUT2D eigenvalue weighted by Gasteiger charge is 2.06. The van der Waals surface area contributed by atoms with E-state index >= 15 is 0 Å². The second kappa shape index (κ2) is 11.0. The smallest absolute Gasteiger partial charge is 0.218 e. The van der Waals surface area contributed by atoms with E-state index in [1.807, 2.05) is 22.8 Å². The molecule has 2 aromatic heterocycles. The molecule has 0 saturated carbocycles. The number of hydrogen-bond acceptors (Lipinski definition) is 4. The number of nitrogens with one attached hydrogen (secondary N) is 1. The van der Waals surface area contributed by atoms with Gasteiger partial charge in [0, 0.05) is 0 Å². The highest BCUT2D eigenvalue weighted by atomic mass is 79.9. The van der Waals surface area contributed by atoms with Gasteiger partial charge in [-0.25, -0.2) is 0 Å². The number of nitrogens with zero attached hydrogens (tertiary/aromatic N) is 5. The van der Waals surface area contributed by atoms with E-state index in [2.05, 4.69) is 101 Å². The Hall–Kier alpha value is -0.650. The zero-order chi connectivity index (χ0) is 17.9. The molecule has 0 radical (unpaired) electrons. The first kappa shape index (κ1) is 18.7. The standard InChI is InChI=1S/C9H7Br2N3.C2HBr2N3.CH3F/c10-8-12-13-9(11)14(8)6-7-4-2-1-3-5-7;3-1-5-2(4)7-6-1;1-2/h1-5H,6H2;(H,5,6,7);1H3/i;;1D. The van der Waals surface area contributed by atoms with Crippen molar-refractivity contribution in [3.05, 3.63) is 54.8 Å². The summed E-state index contributed by atoms with van der Waals surface area (Å²) in [6, 6.07) is 10.2. The Morgan fingerprint density at radius 3 is 2.09 bits per heavy atom. The quantitative estimate of drug-likeness (QED) is 0.476. The number of rotatable bonds is 2. The summed E-state index contributed by atoms with van der Waals surface area (Å²) in [5.74, 6) is 0. The van der Waals surface area contributed by atoms with Crippen LogP contribution in [-0.2, 0) is 6.54 Å². The minimum absolute atomic E-state index is 0.569. The van der Waals surface area contributed by atoms with Crippen molar-refractivity contribution in [1.29, 1.82) is 0 Å². The summed E-state index contributed by atoms with van der Waals surface area (Å²) in [7, 11) is -1.00. The highest BCUT2D eigenvalue weighted by molar-refractivity contribution is 9.11. The summed E-state index contributed by atoms with van der Waals surface area (Å²) in [6.07, 6.45) is 0. The van der Waals surface area contributed by atoms with Gasteiger partial charge in [-0.2, -0.15) is 4.98 Å². The van der Waals surface area contributed by atoms with Gasteiger partial charge in [0.15, 0.2) is 4.73 Å². The predicted molar refractivity (Wildman–Crippen MR) is 99.8 cm³/mol. The van der Waals surface area contributed by atoms with Crippen molar-refractivity contribution < 1.29 is 5.76 Å². The summed E-state index contributed by atoms with van der Waals surface area (Å²) >= 11 is 12.8. The van der Waals surface area contributed by atoms with Crippen LogP contribution in [-0.4, -0.2) is 37.1 Å². The lowest BCUT2D eigenvalue weighted by Crippen LogP contribution is -2.00. The minimum atomic E-state index is -1.00. The van der Waals surface area contributed by atoms with Crippen LogP contribution in [0.2, 0.25) is 0 Å². The van der Waals surface area contributed by atoms with Gasteiger partial charge in [0.1, 0.15) is 0 Å². The molecule has 1 aromatic carbocycles. The van der Waals surface area contributed by atoms with Gasteiger partial charge in [-0.15, -0.1) is 15.3 Å². The lowest BCUT2D eigenvalue weighted by molar-refractivity contribution is 0.636. The lowest BCUT2D eigenvalue weighted by Gasteiger charge is -2.03. The number of aromatic nitrogens is 6. The van der Waals surface area contributed by atoms with E-state index < -0.39 is 7.15 Å². The third-order valence-electron chi connectivity index (χ3n) is 2.27. The lowest BCUT2D eigenvalue weighted by atomic mass is 10.2. The molecule has 3 rings (SSSR count). The molecule has 0 aliphatic heterocycles. The van der Waals surface area contributed by atoms with Crippen LogP contribution in [0.1, 0.15) is 6.93 Å². The average molecular weight is 579 g/mol. The van der Waals surface area contributed by atoms with Gasteiger partial charge in [0.25, 0.3) is 0 Å². The topological polar surface area (TPSA) is 72.3 Å². The normalized spacial score (nSPS) is 10.0. The van der Waals surface area contributed by atoms with Crippen LogP contribution in [0, 0.1) is 0 Å². The monoisotopic (exact) mass is 575 g/mol. The molecule has 11 heteroatoms. The molecule has 1 N–H and O–H groups in total. The number of hydrogen-bond donors (Lipinski definition) is 1. The summed E-state index contributed by atoms with van der Waals surface area (Å²) in [5, 5.41) is 14.0. The number of aromatic amines is 1. The van der Waals surface area contributed by atoms with Crippen LogP contribution in [0.15, 0.2) is 49.3 Å². The molecule has 0 amide bonds. The fourth-order valence-corrected chi connectivity index (χ4v) is 3.13. The summed E-state index contributed by atoms with van der Waals surface area (Å²) < 4.78 is 20.1. The van der Waals surface area contributed by atoms with Gasteiger partial charge in [-0.3, -0.25) is 14.1 Å². The van der Waals surface area contributed by atoms with Gasteiger partial charge in [0.05, 0.1) is 15.1 Å². The molecule has 0 aliphatic rings. The van der Waals surface area contributed by atoms with Crippen molar-refractivity contribution in [3.8, 4) is 0 Å². The molecule has 23 heavy (non-hydrogen) atoms. The number of halogens is 5. The number of benzene rings is 1. The summed E-state index contributed by atoms with van der Waals surface area (Å²) in [5.41, 5.74) is 1.22. The first-order chi connectivity index (χ1) is 11.5. The van der Waals surface area contributed by atoms with Crippen LogP contribution in [0.25, 0.3) is 0 Å². The van der Waals surface area contributed by atoms with E-state index in [4.69, 9.17) is 1.37 Å². The van der Waals surface area contributed by atoms with Gasteiger partial charge in [-0.05, 0) is 69.3 Å². The largest absolute Gasteiger partial charge is 0.292 e. The molecule has 3 aromatic rings. The predicted octanol–water partition coefficient (Wildman–Crippen LogP) is 4.77. The van der Waals surface area contributed by atoms with Crippen LogP contribution < -0.4 is 0 Å². The molecule has 0 aliphatic carbocycles. The Kier molecular flexibility index (Phi) is 8.94. The Morgan fingerprint density at radius 1 is 1.13 bits per heavy atom. The maximum Gasteiger partial charge on any atom is 0.218 e. The summed E-state index contributed by atoms with van der Waals surface area (Å²) in [6.45, 7) is 0.759. The van der Waals surface area contributed by atoms with Crippen LogP contribution in [0.4, 0.5) is 4.39 Å². The molecular formula is C12H11Br4FN6. The minimum Gasteiger partial charge on any atom is -0.292 e. The zero-order valence-electron chi connectivity index (χ0n) is 12.4. The third kappa shape index (κ3) is 7.19. The number of H-pyrrole nitrogens is 1. The molecule has 0 saturated heterocycles. The SMILES string of the molecule is Brc1n[nH]c(Br)n1.Brc1nnc(Br)n1Cc1ccccc1.[2H]CF. The first-order valence-electron chi connectivity index (χ1n) is 6.55. The van der Waals surface area contributed by atoms with Gasteiger partial charge < -0.3 is 0 Å². The van der Waals surface area contributed by atoms with Crippen molar-refractivity contribution in [2.75, 3.05) is 7.15 Å². The van der Waals surface area contributed by atoms with E-state index in [9.17, 15) is 4.39 Å². The Balaban J connectivity index is 0.000000241. The number of alkyl halides is 1. The van der Waals surface area contributed by atoms with E-state index in [0.717, 1.165) is 16.0 Å². The first-order valence-corrected chi connectivity index (χ1v) is 9.01. The van der Waals surface area contributed by atoms with Gasteiger partial charge in [0.2, 0.25) is 14.2 Å². The Labute approximate surface area is 167 Å². The molecule has 0 unspecified atom stereocenters. The Morgan fingerprint density at radius 2 is 1.70 bits per heavy atom. The molecule has 0 atom stereocenters. The van der Waals surface area contributed by atoms with E-state index in [0.29, 0.717) is 9.47 Å². The van der Waals surface area contributed by atoms with Crippen molar-refractivity contribution in [1.82, 2.24) is 29.9 Å². The fourth-order valence-electron chi connectivity index (χ4n) is 1.39. The zero-order valence-corrected chi connectivity index (χ0v) is 17.8. The average Bonchev–Trinajstić information content (AvgIpc) is 3.09. The van der Waals surface area contributed by atoms with Gasteiger partial charge in [-0.1, -0.05) is 30.3 Å².